The van der Waals surface area contributed by atoms with Crippen molar-refractivity contribution in [3.05, 3.63) is 71.4 Å². The molecule has 5 nitrogen and oxygen atoms in total. The molecule has 2 aliphatic rings. The van der Waals surface area contributed by atoms with Crippen molar-refractivity contribution in [1.29, 1.82) is 0 Å². The summed E-state index contributed by atoms with van der Waals surface area (Å²) in [5.41, 5.74) is 4.15. The molecule has 3 aromatic rings. The number of likely N-dealkylation sites (tertiary alicyclic amines) is 1. The van der Waals surface area contributed by atoms with Crippen LogP contribution in [0.25, 0.3) is 10.9 Å². The van der Waals surface area contributed by atoms with Gasteiger partial charge in [0, 0.05) is 61.7 Å². The highest BCUT2D eigenvalue weighted by atomic mass is 16.2. The Kier molecular flexibility index (Phi) is 4.61. The second-order valence-corrected chi connectivity index (χ2v) is 8.56. The van der Waals surface area contributed by atoms with Crippen LogP contribution in [-0.2, 0) is 28.0 Å². The van der Waals surface area contributed by atoms with E-state index in [2.05, 4.69) is 35.3 Å². The minimum Gasteiger partial charge on any atom is -0.358 e. The molecule has 2 aliphatic heterocycles. The van der Waals surface area contributed by atoms with Gasteiger partial charge in [-0.1, -0.05) is 48.5 Å². The molecule has 5 heteroatoms. The van der Waals surface area contributed by atoms with Crippen molar-refractivity contribution in [3.63, 3.8) is 0 Å². The third-order valence-electron chi connectivity index (χ3n) is 6.97. The van der Waals surface area contributed by atoms with Crippen molar-refractivity contribution >= 4 is 22.7 Å². The van der Waals surface area contributed by atoms with Gasteiger partial charge in [-0.05, 0) is 24.5 Å². The molecule has 0 radical (unpaired) electrons. The lowest BCUT2D eigenvalue weighted by molar-refractivity contribution is -0.143. The number of rotatable bonds is 2. The number of nitrogens with zero attached hydrogens (tertiary/aromatic N) is 2. The number of H-pyrrole nitrogens is 1. The second kappa shape index (κ2) is 7.31. The van der Waals surface area contributed by atoms with Crippen molar-refractivity contribution in [2.24, 2.45) is 0 Å². The lowest BCUT2D eigenvalue weighted by Crippen LogP contribution is -2.54. The van der Waals surface area contributed by atoms with Crippen molar-refractivity contribution < 1.29 is 9.59 Å². The van der Waals surface area contributed by atoms with Gasteiger partial charge in [-0.2, -0.15) is 0 Å². The van der Waals surface area contributed by atoms with Crippen LogP contribution in [0.1, 0.15) is 36.6 Å². The number of amides is 2. The lowest BCUT2D eigenvalue weighted by atomic mass is 9.71. The molecule has 0 saturated carbocycles. The number of piperidine rings is 1. The van der Waals surface area contributed by atoms with E-state index in [-0.39, 0.29) is 11.8 Å². The zero-order valence-corrected chi connectivity index (χ0v) is 17.4. The van der Waals surface area contributed by atoms with E-state index in [1.807, 2.05) is 34.1 Å². The summed E-state index contributed by atoms with van der Waals surface area (Å²) in [6, 6.07) is 18.5. The van der Waals surface area contributed by atoms with Gasteiger partial charge in [0.15, 0.2) is 0 Å². The van der Waals surface area contributed by atoms with Crippen molar-refractivity contribution in [3.8, 4) is 0 Å². The predicted molar refractivity (Wildman–Crippen MR) is 117 cm³/mol. The number of carbonyl (C=O) groups excluding carboxylic acids is 2. The van der Waals surface area contributed by atoms with Gasteiger partial charge >= 0.3 is 0 Å². The van der Waals surface area contributed by atoms with Gasteiger partial charge in [-0.3, -0.25) is 9.59 Å². The van der Waals surface area contributed by atoms with E-state index >= 15 is 0 Å². The lowest BCUT2D eigenvalue weighted by Gasteiger charge is -2.44. The Morgan fingerprint density at radius 2 is 1.60 bits per heavy atom. The number of para-hydroxylation sites is 1. The van der Waals surface area contributed by atoms with Crippen LogP contribution in [0, 0.1) is 0 Å². The highest BCUT2D eigenvalue weighted by Gasteiger charge is 2.46. The van der Waals surface area contributed by atoms with Crippen molar-refractivity contribution in [2.45, 2.75) is 38.1 Å². The zero-order chi connectivity index (χ0) is 20.7. The van der Waals surface area contributed by atoms with Gasteiger partial charge in [-0.25, -0.2) is 0 Å². The van der Waals surface area contributed by atoms with Gasteiger partial charge in [0.05, 0.1) is 5.41 Å². The first-order valence-corrected chi connectivity index (χ1v) is 10.8. The summed E-state index contributed by atoms with van der Waals surface area (Å²) in [6.07, 6.45) is 2.19. The number of hydrogen-bond acceptors (Lipinski definition) is 2. The van der Waals surface area contributed by atoms with E-state index in [9.17, 15) is 9.59 Å². The maximum Gasteiger partial charge on any atom is 0.233 e. The summed E-state index contributed by atoms with van der Waals surface area (Å²) in [4.78, 5) is 33.3. The molecule has 2 amide bonds. The highest BCUT2D eigenvalue weighted by molar-refractivity contribution is 5.91. The molecule has 1 N–H and O–H groups in total. The Morgan fingerprint density at radius 3 is 2.33 bits per heavy atom. The molecule has 1 saturated heterocycles. The van der Waals surface area contributed by atoms with Gasteiger partial charge in [0.25, 0.3) is 0 Å². The number of carbonyl (C=O) groups is 2. The quantitative estimate of drug-likeness (QED) is 0.713. The number of fused-ring (bicyclic) bond motifs is 3. The minimum absolute atomic E-state index is 0.0884. The van der Waals surface area contributed by atoms with Crippen molar-refractivity contribution in [1.82, 2.24) is 14.8 Å². The van der Waals surface area contributed by atoms with Crippen LogP contribution in [-0.4, -0.2) is 46.2 Å². The van der Waals surface area contributed by atoms with Crippen LogP contribution in [0.4, 0.5) is 0 Å². The SMILES string of the molecule is CC(=O)N1CCC(C(=O)N2CCc3[nH]c4ccccc4c3C2)(c2ccccc2)CC1. The summed E-state index contributed by atoms with van der Waals surface area (Å²) in [5.74, 6) is 0.290. The summed E-state index contributed by atoms with van der Waals surface area (Å²) >= 11 is 0. The largest absolute Gasteiger partial charge is 0.358 e. The van der Waals surface area contributed by atoms with E-state index in [1.54, 1.807) is 6.92 Å². The molecular weight excluding hydrogens is 374 g/mol. The number of aromatic nitrogens is 1. The van der Waals surface area contributed by atoms with E-state index in [0.717, 1.165) is 24.0 Å². The Morgan fingerprint density at radius 1 is 0.900 bits per heavy atom. The first-order valence-electron chi connectivity index (χ1n) is 10.8. The summed E-state index contributed by atoms with van der Waals surface area (Å²) in [7, 11) is 0. The molecule has 5 rings (SSSR count). The maximum atomic E-state index is 14.0. The van der Waals surface area contributed by atoms with E-state index in [1.165, 1.54) is 16.6 Å². The zero-order valence-electron chi connectivity index (χ0n) is 17.4. The third-order valence-corrected chi connectivity index (χ3v) is 6.97. The van der Waals surface area contributed by atoms with Gasteiger partial charge in [0.1, 0.15) is 0 Å². The first kappa shape index (κ1) is 18.9. The van der Waals surface area contributed by atoms with Crippen LogP contribution >= 0.6 is 0 Å². The second-order valence-electron chi connectivity index (χ2n) is 8.56. The monoisotopic (exact) mass is 401 g/mol. The van der Waals surface area contributed by atoms with Crippen LogP contribution in [0.2, 0.25) is 0 Å². The summed E-state index contributed by atoms with van der Waals surface area (Å²) < 4.78 is 0. The Hall–Kier alpha value is -3.08. The van der Waals surface area contributed by atoms with Gasteiger partial charge in [0.2, 0.25) is 11.8 Å². The summed E-state index contributed by atoms with van der Waals surface area (Å²) in [5, 5.41) is 1.21. The molecule has 1 aromatic heterocycles. The molecule has 154 valence electrons. The van der Waals surface area contributed by atoms with E-state index in [0.29, 0.717) is 32.5 Å². The normalized spacial score (nSPS) is 18.3. The van der Waals surface area contributed by atoms with Crippen LogP contribution in [0.3, 0.4) is 0 Å². The van der Waals surface area contributed by atoms with Crippen molar-refractivity contribution in [2.75, 3.05) is 19.6 Å². The summed E-state index contributed by atoms with van der Waals surface area (Å²) in [6.45, 7) is 4.23. The maximum absolute atomic E-state index is 14.0. The minimum atomic E-state index is -0.559. The Labute approximate surface area is 176 Å². The fourth-order valence-corrected chi connectivity index (χ4v) is 5.23. The van der Waals surface area contributed by atoms with E-state index in [4.69, 9.17) is 0 Å². The number of benzene rings is 2. The fourth-order valence-electron chi connectivity index (χ4n) is 5.23. The first-order chi connectivity index (χ1) is 14.6. The molecule has 2 aromatic carbocycles. The van der Waals surface area contributed by atoms with Crippen LogP contribution in [0.5, 0.6) is 0 Å². The van der Waals surface area contributed by atoms with Crippen LogP contribution < -0.4 is 0 Å². The number of nitrogens with one attached hydrogen (secondary N) is 1. The number of aromatic amines is 1. The average Bonchev–Trinajstić information content (AvgIpc) is 3.17. The predicted octanol–water partition coefficient (Wildman–Crippen LogP) is 3.63. The highest BCUT2D eigenvalue weighted by Crippen LogP contribution is 2.39. The smallest absolute Gasteiger partial charge is 0.233 e. The number of hydrogen-bond donors (Lipinski definition) is 1. The molecule has 0 spiro atoms. The molecule has 0 bridgehead atoms. The van der Waals surface area contributed by atoms with E-state index < -0.39 is 5.41 Å². The average molecular weight is 402 g/mol. The molecule has 0 atom stereocenters. The molecule has 3 heterocycles. The van der Waals surface area contributed by atoms with Gasteiger partial charge in [-0.15, -0.1) is 0 Å². The fraction of sp³-hybridized carbons (Fsp3) is 0.360. The molecule has 0 unspecified atom stereocenters. The standard InChI is InChI=1S/C25H27N3O2/c1-18(29)27-15-12-25(13-16-27,19-7-3-2-4-8-19)24(30)28-14-11-23-21(17-28)20-9-5-6-10-22(20)26-23/h2-10,26H,11-17H2,1H3. The third kappa shape index (κ3) is 3.00. The molecule has 0 aliphatic carbocycles. The van der Waals surface area contributed by atoms with Crippen LogP contribution in [0.15, 0.2) is 54.6 Å². The topological polar surface area (TPSA) is 56.4 Å². The molecular formula is C25H27N3O2. The van der Waals surface area contributed by atoms with Gasteiger partial charge < -0.3 is 14.8 Å². The Balaban J connectivity index is 1.48. The molecule has 1 fully saturated rings. The Bertz CT molecular complexity index is 1090. The molecule has 30 heavy (non-hydrogen) atoms.